The third kappa shape index (κ3) is 3.51. The minimum absolute atomic E-state index is 0.0353. The number of nitrogens with zero attached hydrogens (tertiary/aromatic N) is 2. The van der Waals surface area contributed by atoms with Gasteiger partial charge in [-0.25, -0.2) is 4.79 Å². The number of aryl methyl sites for hydroxylation is 1. The van der Waals surface area contributed by atoms with Crippen LogP contribution in [0.15, 0.2) is 50.4 Å². The van der Waals surface area contributed by atoms with E-state index < -0.39 is 5.63 Å². The minimum Gasteiger partial charge on any atom is -0.497 e. The molecule has 0 N–H and O–H groups in total. The fourth-order valence-electron chi connectivity index (χ4n) is 5.28. The van der Waals surface area contributed by atoms with Gasteiger partial charge in [0, 0.05) is 60.7 Å². The quantitative estimate of drug-likeness (QED) is 0.590. The molecule has 1 saturated heterocycles. The van der Waals surface area contributed by atoms with Crippen LogP contribution >= 0.6 is 0 Å². The fraction of sp³-hybridized carbons (Fsp3) is 0.400. The fourth-order valence-corrected chi connectivity index (χ4v) is 5.28. The van der Waals surface area contributed by atoms with E-state index >= 15 is 0 Å². The molecule has 166 valence electrons. The van der Waals surface area contributed by atoms with Gasteiger partial charge < -0.3 is 18.6 Å². The predicted octanol–water partition coefficient (Wildman–Crippen LogP) is 2.85. The summed E-state index contributed by atoms with van der Waals surface area (Å²) in [5.41, 5.74) is 2.53. The first-order valence-corrected chi connectivity index (χ1v) is 11.0. The number of carbonyl (C=O) groups is 1. The van der Waals surface area contributed by atoms with E-state index in [0.29, 0.717) is 43.0 Å². The van der Waals surface area contributed by atoms with Gasteiger partial charge in [0.25, 0.3) is 5.56 Å². The molecule has 0 aliphatic carbocycles. The van der Waals surface area contributed by atoms with Gasteiger partial charge in [-0.2, -0.15) is 0 Å². The average molecular weight is 434 g/mol. The predicted molar refractivity (Wildman–Crippen MR) is 120 cm³/mol. The van der Waals surface area contributed by atoms with Crippen LogP contribution in [0.3, 0.4) is 0 Å². The summed E-state index contributed by atoms with van der Waals surface area (Å²) in [6, 6.07) is 10.8. The van der Waals surface area contributed by atoms with E-state index in [9.17, 15) is 14.4 Å². The second kappa shape index (κ2) is 7.97. The molecule has 1 fully saturated rings. The van der Waals surface area contributed by atoms with Crippen LogP contribution in [-0.2, 0) is 17.8 Å². The summed E-state index contributed by atoms with van der Waals surface area (Å²) in [7, 11) is 1.57. The zero-order valence-electron chi connectivity index (χ0n) is 18.3. The summed E-state index contributed by atoms with van der Waals surface area (Å²) in [5.74, 6) is 1.14. The molecule has 32 heavy (non-hydrogen) atoms. The molecule has 1 amide bonds. The number of amides is 1. The summed E-state index contributed by atoms with van der Waals surface area (Å²) < 4.78 is 12.6. The van der Waals surface area contributed by atoms with Crippen molar-refractivity contribution < 1.29 is 13.9 Å². The zero-order valence-corrected chi connectivity index (χ0v) is 18.3. The normalized spacial score (nSPS) is 19.6. The summed E-state index contributed by atoms with van der Waals surface area (Å²) in [6.45, 7) is 3.82. The standard InChI is InChI=1S/C25H26N2O5/c1-15-19-7-6-18(31-2)11-22(19)32-25(30)20(15)8-9-23(28)26-12-16-10-17(14-26)21-4-3-5-24(29)27(21)13-16/h3-7,11,16-17H,8-10,12-14H2,1-2H3/t16-,17+/m1/s1. The number of fused-ring (bicyclic) bond motifs is 5. The van der Waals surface area contributed by atoms with Crippen molar-refractivity contribution in [1.29, 1.82) is 0 Å². The third-order valence-electron chi connectivity index (χ3n) is 6.92. The number of carbonyl (C=O) groups excluding carboxylic acids is 1. The number of pyridine rings is 1. The molecule has 5 rings (SSSR count). The zero-order chi connectivity index (χ0) is 22.4. The summed E-state index contributed by atoms with van der Waals surface area (Å²) in [5, 5.41) is 0.849. The third-order valence-corrected chi connectivity index (χ3v) is 6.92. The van der Waals surface area contributed by atoms with Gasteiger partial charge in [-0.1, -0.05) is 6.07 Å². The first-order valence-electron chi connectivity index (χ1n) is 11.0. The van der Waals surface area contributed by atoms with E-state index in [1.54, 1.807) is 25.3 Å². The molecule has 1 aromatic carbocycles. The van der Waals surface area contributed by atoms with Crippen LogP contribution in [-0.4, -0.2) is 35.6 Å². The Balaban J connectivity index is 1.33. The Morgan fingerprint density at radius 3 is 2.81 bits per heavy atom. The van der Waals surface area contributed by atoms with Crippen LogP contribution in [0.5, 0.6) is 5.75 Å². The number of piperidine rings is 1. The van der Waals surface area contributed by atoms with Crippen LogP contribution in [0.1, 0.15) is 35.6 Å². The maximum atomic E-state index is 13.1. The first kappa shape index (κ1) is 20.5. The van der Waals surface area contributed by atoms with Gasteiger partial charge in [-0.15, -0.1) is 0 Å². The Hall–Kier alpha value is -3.35. The Morgan fingerprint density at radius 2 is 2.00 bits per heavy atom. The number of likely N-dealkylation sites (tertiary alicyclic amines) is 1. The maximum absolute atomic E-state index is 13.1. The number of benzene rings is 1. The van der Waals surface area contributed by atoms with E-state index in [4.69, 9.17) is 9.15 Å². The number of ether oxygens (including phenoxy) is 1. The highest BCUT2D eigenvalue weighted by Gasteiger charge is 2.36. The van der Waals surface area contributed by atoms with E-state index in [-0.39, 0.29) is 29.7 Å². The van der Waals surface area contributed by atoms with E-state index in [2.05, 4.69) is 0 Å². The molecule has 2 aromatic heterocycles. The average Bonchev–Trinajstić information content (AvgIpc) is 2.79. The van der Waals surface area contributed by atoms with Crippen LogP contribution in [0.2, 0.25) is 0 Å². The van der Waals surface area contributed by atoms with Crippen molar-refractivity contribution in [2.24, 2.45) is 5.92 Å². The highest BCUT2D eigenvalue weighted by molar-refractivity contribution is 5.83. The SMILES string of the molecule is COc1ccc2c(C)c(CCC(=O)N3C[C@H]4C[C@@H](C3)c3cccc(=O)n3C4)c(=O)oc2c1. The van der Waals surface area contributed by atoms with Crippen LogP contribution in [0.25, 0.3) is 11.0 Å². The number of hydrogen-bond donors (Lipinski definition) is 0. The number of rotatable bonds is 4. The van der Waals surface area contributed by atoms with Gasteiger partial charge in [-0.3, -0.25) is 9.59 Å². The Kier molecular flexibility index (Phi) is 5.12. The molecular weight excluding hydrogens is 408 g/mol. The second-order valence-corrected chi connectivity index (χ2v) is 8.85. The topological polar surface area (TPSA) is 81.8 Å². The monoisotopic (exact) mass is 434 g/mol. The molecule has 0 radical (unpaired) electrons. The Bertz CT molecular complexity index is 1320. The molecule has 3 aromatic rings. The molecule has 7 heteroatoms. The highest BCUT2D eigenvalue weighted by atomic mass is 16.5. The number of methoxy groups -OCH3 is 1. The van der Waals surface area contributed by atoms with E-state index in [0.717, 1.165) is 23.1 Å². The molecule has 2 aliphatic rings. The smallest absolute Gasteiger partial charge is 0.339 e. The Morgan fingerprint density at radius 1 is 1.16 bits per heavy atom. The number of hydrogen-bond acceptors (Lipinski definition) is 5. The molecule has 4 heterocycles. The Labute approximate surface area is 185 Å². The molecule has 7 nitrogen and oxygen atoms in total. The van der Waals surface area contributed by atoms with Crippen molar-refractivity contribution >= 4 is 16.9 Å². The van der Waals surface area contributed by atoms with Crippen molar-refractivity contribution in [2.45, 2.75) is 38.6 Å². The lowest BCUT2D eigenvalue weighted by atomic mass is 9.83. The van der Waals surface area contributed by atoms with Crippen molar-refractivity contribution in [1.82, 2.24) is 9.47 Å². The van der Waals surface area contributed by atoms with Gasteiger partial charge in [0.1, 0.15) is 11.3 Å². The van der Waals surface area contributed by atoms with Gasteiger partial charge in [0.2, 0.25) is 5.91 Å². The molecule has 2 aliphatic heterocycles. The largest absolute Gasteiger partial charge is 0.497 e. The van der Waals surface area contributed by atoms with Crippen LogP contribution < -0.4 is 15.9 Å². The van der Waals surface area contributed by atoms with Crippen molar-refractivity contribution in [3.05, 3.63) is 74.0 Å². The number of aromatic nitrogens is 1. The van der Waals surface area contributed by atoms with Crippen molar-refractivity contribution in [3.63, 3.8) is 0 Å². The molecule has 2 bridgehead atoms. The molecular formula is C25H26N2O5. The molecule has 0 spiro atoms. The van der Waals surface area contributed by atoms with E-state index in [1.165, 1.54) is 0 Å². The van der Waals surface area contributed by atoms with Gasteiger partial charge >= 0.3 is 5.63 Å². The van der Waals surface area contributed by atoms with Crippen molar-refractivity contribution in [2.75, 3.05) is 20.2 Å². The van der Waals surface area contributed by atoms with Crippen LogP contribution in [0.4, 0.5) is 0 Å². The van der Waals surface area contributed by atoms with Gasteiger partial charge in [0.05, 0.1) is 7.11 Å². The molecule has 0 unspecified atom stereocenters. The van der Waals surface area contributed by atoms with Gasteiger partial charge in [0.15, 0.2) is 0 Å². The summed E-state index contributed by atoms with van der Waals surface area (Å²) in [4.78, 5) is 39.8. The molecule has 2 atom stereocenters. The van der Waals surface area contributed by atoms with E-state index in [1.807, 2.05) is 34.6 Å². The lowest BCUT2D eigenvalue weighted by Crippen LogP contribution is -2.49. The van der Waals surface area contributed by atoms with Crippen LogP contribution in [0, 0.1) is 12.8 Å². The summed E-state index contributed by atoms with van der Waals surface area (Å²) >= 11 is 0. The second-order valence-electron chi connectivity index (χ2n) is 8.85. The van der Waals surface area contributed by atoms with Gasteiger partial charge in [-0.05, 0) is 49.4 Å². The minimum atomic E-state index is -0.403. The lowest BCUT2D eigenvalue weighted by molar-refractivity contribution is -0.133. The molecule has 0 saturated carbocycles. The summed E-state index contributed by atoms with van der Waals surface area (Å²) in [6.07, 6.45) is 1.61. The lowest BCUT2D eigenvalue weighted by Gasteiger charge is -2.42. The maximum Gasteiger partial charge on any atom is 0.339 e. The van der Waals surface area contributed by atoms with Crippen molar-refractivity contribution in [3.8, 4) is 5.75 Å². The first-order chi connectivity index (χ1) is 15.4. The highest BCUT2D eigenvalue weighted by Crippen LogP contribution is 2.35.